The van der Waals surface area contributed by atoms with Gasteiger partial charge in [0.1, 0.15) is 5.60 Å². The summed E-state index contributed by atoms with van der Waals surface area (Å²) in [7, 11) is 0. The highest BCUT2D eigenvalue weighted by Gasteiger charge is 2.28. The molecule has 0 aromatic heterocycles. The minimum Gasteiger partial charge on any atom is -0.444 e. The summed E-state index contributed by atoms with van der Waals surface area (Å²) >= 11 is 0. The van der Waals surface area contributed by atoms with Crippen LogP contribution in [0.5, 0.6) is 0 Å². The Balaban J connectivity index is 1.92. The summed E-state index contributed by atoms with van der Waals surface area (Å²) in [4.78, 5) is 14.2. The van der Waals surface area contributed by atoms with E-state index in [1.54, 1.807) is 0 Å². The van der Waals surface area contributed by atoms with Crippen molar-refractivity contribution in [3.05, 3.63) is 29.8 Å². The van der Waals surface area contributed by atoms with Crippen molar-refractivity contribution in [2.24, 2.45) is 0 Å². The Bertz CT molecular complexity index is 584. The van der Waals surface area contributed by atoms with E-state index in [4.69, 9.17) is 10.00 Å². The Morgan fingerprint density at radius 1 is 1.35 bits per heavy atom. The smallest absolute Gasteiger partial charge is 0.407 e. The molecule has 1 N–H and O–H groups in total. The molecule has 5 nitrogen and oxygen atoms in total. The highest BCUT2D eigenvalue weighted by atomic mass is 16.6. The summed E-state index contributed by atoms with van der Waals surface area (Å²) in [6.45, 7) is 8.61. The first kappa shape index (κ1) is 17.1. The number of amides is 1. The van der Waals surface area contributed by atoms with Gasteiger partial charge in [0.2, 0.25) is 0 Å². The van der Waals surface area contributed by atoms with Gasteiger partial charge in [-0.2, -0.15) is 5.26 Å². The number of alkyl carbamates (subject to hydrolysis) is 1. The maximum Gasteiger partial charge on any atom is 0.407 e. The van der Waals surface area contributed by atoms with Crippen LogP contribution in [0, 0.1) is 11.3 Å². The van der Waals surface area contributed by atoms with Crippen LogP contribution in [0.3, 0.4) is 0 Å². The number of carbonyl (C=O) groups excluding carboxylic acids is 1. The molecule has 1 aliphatic heterocycles. The van der Waals surface area contributed by atoms with Gasteiger partial charge in [-0.3, -0.25) is 0 Å². The maximum atomic E-state index is 11.9. The van der Waals surface area contributed by atoms with Gasteiger partial charge in [-0.15, -0.1) is 0 Å². The second-order valence-electron chi connectivity index (χ2n) is 7.07. The van der Waals surface area contributed by atoms with Crippen molar-refractivity contribution in [3.8, 4) is 6.07 Å². The molecule has 0 radical (unpaired) electrons. The molecule has 0 saturated carbocycles. The van der Waals surface area contributed by atoms with E-state index >= 15 is 0 Å². The number of anilines is 1. The lowest BCUT2D eigenvalue weighted by Crippen LogP contribution is -2.49. The summed E-state index contributed by atoms with van der Waals surface area (Å²) in [6.07, 6.45) is 1.41. The van der Waals surface area contributed by atoms with Crippen LogP contribution < -0.4 is 10.2 Å². The lowest BCUT2D eigenvalue weighted by molar-refractivity contribution is 0.0494. The predicted molar refractivity (Wildman–Crippen MR) is 90.4 cm³/mol. The van der Waals surface area contributed by atoms with Crippen LogP contribution in [0.4, 0.5) is 10.5 Å². The highest BCUT2D eigenvalue weighted by Crippen LogP contribution is 2.25. The first-order chi connectivity index (χ1) is 10.8. The van der Waals surface area contributed by atoms with Crippen LogP contribution in [0.15, 0.2) is 24.3 Å². The number of nitrogens with zero attached hydrogens (tertiary/aromatic N) is 2. The Hall–Kier alpha value is -2.22. The second-order valence-corrected chi connectivity index (χ2v) is 7.07. The van der Waals surface area contributed by atoms with E-state index in [0.717, 1.165) is 25.1 Å². The number of hydrogen-bond acceptors (Lipinski definition) is 4. The third kappa shape index (κ3) is 4.88. The van der Waals surface area contributed by atoms with Crippen LogP contribution in [0.2, 0.25) is 0 Å². The third-order valence-corrected chi connectivity index (χ3v) is 3.93. The molecule has 1 aromatic rings. The predicted octanol–water partition coefficient (Wildman–Crippen LogP) is 3.44. The van der Waals surface area contributed by atoms with Crippen LogP contribution >= 0.6 is 0 Å². The van der Waals surface area contributed by atoms with Gasteiger partial charge in [-0.05, 0) is 64.8 Å². The fraction of sp³-hybridized carbons (Fsp3) is 0.556. The first-order valence-electron chi connectivity index (χ1n) is 8.05. The topological polar surface area (TPSA) is 65.4 Å². The Labute approximate surface area is 138 Å². The summed E-state index contributed by atoms with van der Waals surface area (Å²) < 4.78 is 5.32. The summed E-state index contributed by atoms with van der Waals surface area (Å²) in [5, 5.41) is 11.8. The Morgan fingerprint density at radius 3 is 2.52 bits per heavy atom. The average molecular weight is 315 g/mol. The number of piperidine rings is 1. The standard InChI is InChI=1S/C18H25N3O2/c1-13-11-15(20-17(22)23-18(2,3)4)9-10-21(13)16-7-5-14(12-19)6-8-16/h5-8,13,15H,9-11H2,1-4H3,(H,20,22). The Kier molecular flexibility index (Phi) is 5.15. The molecule has 1 saturated heterocycles. The molecule has 1 fully saturated rings. The van der Waals surface area contributed by atoms with Gasteiger partial charge in [-0.1, -0.05) is 0 Å². The van der Waals surface area contributed by atoms with Crippen molar-refractivity contribution < 1.29 is 9.53 Å². The van der Waals surface area contributed by atoms with E-state index in [0.29, 0.717) is 11.6 Å². The van der Waals surface area contributed by atoms with Crippen molar-refractivity contribution in [2.75, 3.05) is 11.4 Å². The van der Waals surface area contributed by atoms with Crippen LogP contribution in [-0.2, 0) is 4.74 Å². The SMILES string of the molecule is CC1CC(NC(=O)OC(C)(C)C)CCN1c1ccc(C#N)cc1. The summed E-state index contributed by atoms with van der Waals surface area (Å²) in [5.74, 6) is 0. The molecule has 1 amide bonds. The van der Waals surface area contributed by atoms with Gasteiger partial charge in [0.05, 0.1) is 11.6 Å². The third-order valence-electron chi connectivity index (χ3n) is 3.93. The van der Waals surface area contributed by atoms with E-state index in [-0.39, 0.29) is 12.1 Å². The molecule has 23 heavy (non-hydrogen) atoms. The Morgan fingerprint density at radius 2 is 2.00 bits per heavy atom. The van der Waals surface area contributed by atoms with Crippen LogP contribution in [0.25, 0.3) is 0 Å². The second kappa shape index (κ2) is 6.91. The first-order valence-corrected chi connectivity index (χ1v) is 8.05. The van der Waals surface area contributed by atoms with E-state index in [2.05, 4.69) is 23.2 Å². The monoisotopic (exact) mass is 315 g/mol. The number of ether oxygens (including phenoxy) is 1. The zero-order valence-electron chi connectivity index (χ0n) is 14.3. The minimum atomic E-state index is -0.473. The molecule has 0 aliphatic carbocycles. The average Bonchev–Trinajstić information content (AvgIpc) is 2.45. The van der Waals surface area contributed by atoms with Gasteiger partial charge in [0.15, 0.2) is 0 Å². The number of nitriles is 1. The molecule has 1 aromatic carbocycles. The lowest BCUT2D eigenvalue weighted by Gasteiger charge is -2.39. The maximum absolute atomic E-state index is 11.9. The van der Waals surface area contributed by atoms with Gasteiger partial charge in [-0.25, -0.2) is 4.79 Å². The van der Waals surface area contributed by atoms with E-state index in [1.807, 2.05) is 45.0 Å². The van der Waals surface area contributed by atoms with Crippen molar-refractivity contribution in [2.45, 2.75) is 58.2 Å². The van der Waals surface area contributed by atoms with Gasteiger partial charge >= 0.3 is 6.09 Å². The summed E-state index contributed by atoms with van der Waals surface area (Å²) in [5.41, 5.74) is 1.31. The molecule has 5 heteroatoms. The van der Waals surface area contributed by atoms with Crippen molar-refractivity contribution >= 4 is 11.8 Å². The number of nitrogens with one attached hydrogen (secondary N) is 1. The molecule has 0 bridgehead atoms. The number of carbonyl (C=O) groups is 1. The molecule has 1 heterocycles. The van der Waals surface area contributed by atoms with E-state index < -0.39 is 5.60 Å². The van der Waals surface area contributed by atoms with Gasteiger partial charge in [0, 0.05) is 24.3 Å². The molecule has 2 unspecified atom stereocenters. The number of rotatable bonds is 2. The largest absolute Gasteiger partial charge is 0.444 e. The zero-order valence-corrected chi connectivity index (χ0v) is 14.3. The van der Waals surface area contributed by atoms with Crippen molar-refractivity contribution in [3.63, 3.8) is 0 Å². The quantitative estimate of drug-likeness (QED) is 0.908. The van der Waals surface area contributed by atoms with Crippen molar-refractivity contribution in [1.29, 1.82) is 5.26 Å². The molecule has 0 spiro atoms. The van der Waals surface area contributed by atoms with Crippen molar-refractivity contribution in [1.82, 2.24) is 5.32 Å². The molecule has 2 rings (SSSR count). The fourth-order valence-electron chi connectivity index (χ4n) is 2.89. The van der Waals surface area contributed by atoms with Gasteiger partial charge in [0.25, 0.3) is 0 Å². The lowest BCUT2D eigenvalue weighted by atomic mass is 9.97. The molecule has 1 aliphatic rings. The fourth-order valence-corrected chi connectivity index (χ4v) is 2.89. The molecular formula is C18H25N3O2. The minimum absolute atomic E-state index is 0.134. The van der Waals surface area contributed by atoms with E-state index in [9.17, 15) is 4.79 Å². The van der Waals surface area contributed by atoms with E-state index in [1.165, 1.54) is 0 Å². The highest BCUT2D eigenvalue weighted by molar-refractivity contribution is 5.68. The van der Waals surface area contributed by atoms with Gasteiger partial charge < -0.3 is 15.0 Å². The molecular weight excluding hydrogens is 290 g/mol. The van der Waals surface area contributed by atoms with Crippen LogP contribution in [0.1, 0.15) is 46.1 Å². The molecule has 124 valence electrons. The molecule has 2 atom stereocenters. The normalized spacial score (nSPS) is 21.4. The summed E-state index contributed by atoms with van der Waals surface area (Å²) in [6, 6.07) is 10.2. The number of hydrogen-bond donors (Lipinski definition) is 1. The number of benzene rings is 1. The zero-order chi connectivity index (χ0) is 17.0. The van der Waals surface area contributed by atoms with Crippen LogP contribution in [-0.4, -0.2) is 30.3 Å².